The standard InChI is InChI=1S/C6H3F2I2N/c7-5(8)4-1-3(9)2-11-6(4)10/h1-2,5H. The third kappa shape index (κ3) is 2.46. The van der Waals surface area contributed by atoms with E-state index in [4.69, 9.17) is 0 Å². The van der Waals surface area contributed by atoms with Crippen LogP contribution >= 0.6 is 45.2 Å². The number of rotatable bonds is 1. The van der Waals surface area contributed by atoms with Crippen molar-refractivity contribution in [3.05, 3.63) is 25.1 Å². The Bertz CT molecular complexity index is 265. The van der Waals surface area contributed by atoms with E-state index in [-0.39, 0.29) is 5.56 Å². The summed E-state index contributed by atoms with van der Waals surface area (Å²) >= 11 is 3.75. The highest BCUT2D eigenvalue weighted by molar-refractivity contribution is 14.1. The first-order chi connectivity index (χ1) is 5.11. The molecule has 0 amide bonds. The minimum atomic E-state index is -2.43. The lowest BCUT2D eigenvalue weighted by atomic mass is 10.3. The molecule has 0 atom stereocenters. The molecule has 5 heteroatoms. The van der Waals surface area contributed by atoms with Crippen LogP contribution in [0.2, 0.25) is 0 Å². The number of alkyl halides is 2. The van der Waals surface area contributed by atoms with Crippen molar-refractivity contribution in [1.29, 1.82) is 0 Å². The van der Waals surface area contributed by atoms with E-state index in [1.807, 2.05) is 22.6 Å². The van der Waals surface area contributed by atoms with Crippen molar-refractivity contribution in [3.8, 4) is 0 Å². The summed E-state index contributed by atoms with van der Waals surface area (Å²) in [4.78, 5) is 3.80. The first-order valence-corrected chi connectivity index (χ1v) is 4.86. The molecule has 0 bridgehead atoms. The summed E-state index contributed by atoms with van der Waals surface area (Å²) in [5.74, 6) is 0. The summed E-state index contributed by atoms with van der Waals surface area (Å²) in [5, 5.41) is 0. The molecule has 0 spiro atoms. The number of hydrogen-bond acceptors (Lipinski definition) is 1. The van der Waals surface area contributed by atoms with Crippen LogP contribution in [0.25, 0.3) is 0 Å². The molecule has 1 rings (SSSR count). The second kappa shape index (κ2) is 3.92. The molecule has 0 aromatic carbocycles. The minimum Gasteiger partial charge on any atom is -0.249 e. The number of aromatic nitrogens is 1. The van der Waals surface area contributed by atoms with Gasteiger partial charge in [0.15, 0.2) is 0 Å². The van der Waals surface area contributed by atoms with Crippen LogP contribution in [0.4, 0.5) is 8.78 Å². The van der Waals surface area contributed by atoms with Gasteiger partial charge in [0.1, 0.15) is 3.70 Å². The Morgan fingerprint density at radius 2 is 2.00 bits per heavy atom. The smallest absolute Gasteiger partial charge is 0.249 e. The molecule has 0 aliphatic heterocycles. The van der Waals surface area contributed by atoms with E-state index in [1.54, 1.807) is 28.8 Å². The average Bonchev–Trinajstić information content (AvgIpc) is 1.94. The molecule has 1 aromatic rings. The normalized spacial score (nSPS) is 10.6. The lowest BCUT2D eigenvalue weighted by Crippen LogP contribution is -1.93. The summed E-state index contributed by atoms with van der Waals surface area (Å²) in [6, 6.07) is 1.44. The van der Waals surface area contributed by atoms with E-state index in [0.29, 0.717) is 3.70 Å². The maximum Gasteiger partial charge on any atom is 0.266 e. The van der Waals surface area contributed by atoms with Crippen LogP contribution in [-0.4, -0.2) is 4.98 Å². The molecule has 0 saturated carbocycles. The molecule has 1 aromatic heterocycles. The predicted molar refractivity (Wildman–Crippen MR) is 54.6 cm³/mol. The summed E-state index contributed by atoms with van der Waals surface area (Å²) in [5.41, 5.74) is 0.0116. The molecule has 1 nitrogen and oxygen atoms in total. The summed E-state index contributed by atoms with van der Waals surface area (Å²) < 4.78 is 25.4. The van der Waals surface area contributed by atoms with Gasteiger partial charge in [-0.3, -0.25) is 0 Å². The van der Waals surface area contributed by atoms with Gasteiger partial charge < -0.3 is 0 Å². The SMILES string of the molecule is FC(F)c1cc(I)cnc1I. The molecule has 0 aliphatic rings. The zero-order valence-electron chi connectivity index (χ0n) is 5.19. The first-order valence-electron chi connectivity index (χ1n) is 2.70. The number of halogens is 4. The Morgan fingerprint density at radius 1 is 1.36 bits per heavy atom. The van der Waals surface area contributed by atoms with Gasteiger partial charge in [-0.25, -0.2) is 13.8 Å². The second-order valence-corrected chi connectivity index (χ2v) is 4.10. The van der Waals surface area contributed by atoms with Gasteiger partial charge in [-0.1, -0.05) is 0 Å². The fourth-order valence-corrected chi connectivity index (χ4v) is 1.60. The second-order valence-electron chi connectivity index (χ2n) is 1.83. The van der Waals surface area contributed by atoms with Crippen LogP contribution in [0.15, 0.2) is 12.3 Å². The first kappa shape index (κ1) is 9.56. The zero-order chi connectivity index (χ0) is 8.43. The van der Waals surface area contributed by atoms with Crippen molar-refractivity contribution in [2.45, 2.75) is 6.43 Å². The van der Waals surface area contributed by atoms with Gasteiger partial charge in [0.2, 0.25) is 0 Å². The number of pyridine rings is 1. The molecule has 0 fully saturated rings. The molecule has 0 saturated heterocycles. The Hall–Kier alpha value is 0.470. The monoisotopic (exact) mass is 381 g/mol. The maximum absolute atomic E-state index is 12.2. The predicted octanol–water partition coefficient (Wildman–Crippen LogP) is 3.23. The summed E-state index contributed by atoms with van der Waals surface area (Å²) in [7, 11) is 0. The van der Waals surface area contributed by atoms with E-state index in [2.05, 4.69) is 4.98 Å². The van der Waals surface area contributed by atoms with Crippen molar-refractivity contribution in [2.24, 2.45) is 0 Å². The van der Waals surface area contributed by atoms with Gasteiger partial charge in [0.25, 0.3) is 6.43 Å². The number of nitrogens with zero attached hydrogens (tertiary/aromatic N) is 1. The Labute approximate surface area is 89.9 Å². The lowest BCUT2D eigenvalue weighted by Gasteiger charge is -2.01. The topological polar surface area (TPSA) is 12.9 Å². The fourth-order valence-electron chi connectivity index (χ4n) is 0.591. The van der Waals surface area contributed by atoms with Gasteiger partial charge in [-0.2, -0.15) is 0 Å². The Morgan fingerprint density at radius 3 is 2.45 bits per heavy atom. The average molecular weight is 381 g/mol. The van der Waals surface area contributed by atoms with Crippen LogP contribution < -0.4 is 0 Å². The zero-order valence-corrected chi connectivity index (χ0v) is 9.51. The molecular formula is C6H3F2I2N. The highest BCUT2D eigenvalue weighted by atomic mass is 127. The van der Waals surface area contributed by atoms with Crippen molar-refractivity contribution in [2.75, 3.05) is 0 Å². The van der Waals surface area contributed by atoms with Crippen molar-refractivity contribution in [1.82, 2.24) is 4.98 Å². The fraction of sp³-hybridized carbons (Fsp3) is 0.167. The van der Waals surface area contributed by atoms with E-state index < -0.39 is 6.43 Å². The van der Waals surface area contributed by atoms with Gasteiger partial charge in [-0.05, 0) is 51.2 Å². The van der Waals surface area contributed by atoms with Crippen LogP contribution in [0.5, 0.6) is 0 Å². The van der Waals surface area contributed by atoms with E-state index in [9.17, 15) is 8.78 Å². The Balaban J connectivity index is 3.13. The molecule has 0 aliphatic carbocycles. The summed E-state index contributed by atoms with van der Waals surface area (Å²) in [6.07, 6.45) is -0.863. The molecular weight excluding hydrogens is 378 g/mol. The summed E-state index contributed by atoms with van der Waals surface area (Å²) in [6.45, 7) is 0. The van der Waals surface area contributed by atoms with Gasteiger partial charge in [0.05, 0.1) is 5.56 Å². The van der Waals surface area contributed by atoms with Crippen molar-refractivity contribution >= 4 is 45.2 Å². The minimum absolute atomic E-state index is 0.0116. The third-order valence-electron chi connectivity index (χ3n) is 1.07. The molecule has 60 valence electrons. The van der Waals surface area contributed by atoms with Gasteiger partial charge in [0, 0.05) is 9.77 Å². The quantitative estimate of drug-likeness (QED) is 0.538. The lowest BCUT2D eigenvalue weighted by molar-refractivity contribution is 0.150. The van der Waals surface area contributed by atoms with Gasteiger partial charge >= 0.3 is 0 Å². The molecule has 0 unspecified atom stereocenters. The van der Waals surface area contributed by atoms with Crippen LogP contribution in [0.3, 0.4) is 0 Å². The third-order valence-corrected chi connectivity index (χ3v) is 2.56. The highest BCUT2D eigenvalue weighted by Crippen LogP contribution is 2.23. The molecule has 0 N–H and O–H groups in total. The van der Waals surface area contributed by atoms with Gasteiger partial charge in [-0.15, -0.1) is 0 Å². The molecule has 0 radical (unpaired) electrons. The van der Waals surface area contributed by atoms with Crippen molar-refractivity contribution in [3.63, 3.8) is 0 Å². The van der Waals surface area contributed by atoms with Crippen LogP contribution in [0.1, 0.15) is 12.0 Å². The largest absolute Gasteiger partial charge is 0.266 e. The number of hydrogen-bond donors (Lipinski definition) is 0. The molecule has 1 heterocycles. The maximum atomic E-state index is 12.2. The Kier molecular flexibility index (Phi) is 3.41. The highest BCUT2D eigenvalue weighted by Gasteiger charge is 2.12. The van der Waals surface area contributed by atoms with E-state index >= 15 is 0 Å². The van der Waals surface area contributed by atoms with E-state index in [1.165, 1.54) is 6.07 Å². The van der Waals surface area contributed by atoms with E-state index in [0.717, 1.165) is 3.57 Å². The van der Waals surface area contributed by atoms with Crippen LogP contribution in [-0.2, 0) is 0 Å². The molecule has 11 heavy (non-hydrogen) atoms. The van der Waals surface area contributed by atoms with Crippen LogP contribution in [0, 0.1) is 7.27 Å². The van der Waals surface area contributed by atoms with Crippen molar-refractivity contribution < 1.29 is 8.78 Å².